The molecule has 0 saturated heterocycles. The largest absolute Gasteiger partial charge is 0.467 e. The standard InChI is InChI=1S/C17H19FN4O2/c1-9(2)11-5-4-10(8-12(11)18)22-7-6-13-14(16(22)23)15(19)21-17(20-13)24-3/h4-5,8-9H,6-7H2,1-3H3,(H2,19,20,21). The molecule has 2 N–H and O–H groups in total. The molecule has 1 aliphatic rings. The Bertz CT molecular complexity index is 807. The third kappa shape index (κ3) is 2.66. The highest BCUT2D eigenvalue weighted by molar-refractivity contribution is 6.10. The number of nitrogen functional groups attached to an aromatic ring is 1. The van der Waals surface area contributed by atoms with E-state index in [1.807, 2.05) is 13.8 Å². The molecule has 0 radical (unpaired) electrons. The fourth-order valence-corrected chi connectivity index (χ4v) is 2.86. The van der Waals surface area contributed by atoms with Gasteiger partial charge in [0.2, 0.25) is 0 Å². The first-order valence-corrected chi connectivity index (χ1v) is 7.74. The van der Waals surface area contributed by atoms with Crippen LogP contribution in [0.1, 0.15) is 41.4 Å². The molecule has 7 heteroatoms. The molecule has 1 aliphatic heterocycles. The molecule has 2 heterocycles. The fraction of sp³-hybridized carbons (Fsp3) is 0.353. The van der Waals surface area contributed by atoms with Crippen LogP contribution in [-0.2, 0) is 6.42 Å². The van der Waals surface area contributed by atoms with Gasteiger partial charge in [-0.05, 0) is 23.6 Å². The van der Waals surface area contributed by atoms with Crippen molar-refractivity contribution >= 4 is 17.4 Å². The molecule has 2 aromatic rings. The zero-order chi connectivity index (χ0) is 17.4. The fourth-order valence-electron chi connectivity index (χ4n) is 2.86. The Morgan fingerprint density at radius 2 is 2.08 bits per heavy atom. The zero-order valence-electron chi connectivity index (χ0n) is 13.8. The molecule has 0 fully saturated rings. The molecule has 0 saturated carbocycles. The van der Waals surface area contributed by atoms with Gasteiger partial charge in [-0.2, -0.15) is 9.97 Å². The van der Waals surface area contributed by atoms with Crippen molar-refractivity contribution in [3.8, 4) is 6.01 Å². The number of hydrogen-bond acceptors (Lipinski definition) is 5. The Morgan fingerprint density at radius 3 is 2.71 bits per heavy atom. The lowest BCUT2D eigenvalue weighted by atomic mass is 10.0. The number of anilines is 2. The minimum atomic E-state index is -0.326. The molecule has 1 amide bonds. The predicted molar refractivity (Wildman–Crippen MR) is 88.9 cm³/mol. The first-order valence-electron chi connectivity index (χ1n) is 7.74. The number of benzene rings is 1. The van der Waals surface area contributed by atoms with Gasteiger partial charge in [0.1, 0.15) is 17.2 Å². The Labute approximate surface area is 139 Å². The van der Waals surface area contributed by atoms with Crippen LogP contribution in [0.2, 0.25) is 0 Å². The number of amides is 1. The normalized spacial score (nSPS) is 14.0. The number of nitrogens with zero attached hydrogens (tertiary/aromatic N) is 3. The van der Waals surface area contributed by atoms with Gasteiger partial charge in [-0.1, -0.05) is 19.9 Å². The van der Waals surface area contributed by atoms with Crippen LogP contribution in [0.3, 0.4) is 0 Å². The maximum Gasteiger partial charge on any atom is 0.318 e. The molecule has 0 unspecified atom stereocenters. The molecule has 126 valence electrons. The predicted octanol–water partition coefficient (Wildman–Crippen LogP) is 2.53. The number of carbonyl (C=O) groups excluding carboxylic acids is 1. The number of ether oxygens (including phenoxy) is 1. The molecule has 1 aromatic carbocycles. The van der Waals surface area contributed by atoms with E-state index in [1.54, 1.807) is 12.1 Å². The molecule has 3 rings (SSSR count). The van der Waals surface area contributed by atoms with E-state index in [0.717, 1.165) is 0 Å². The van der Waals surface area contributed by atoms with Crippen LogP contribution in [0.5, 0.6) is 6.01 Å². The van der Waals surface area contributed by atoms with Gasteiger partial charge < -0.3 is 15.4 Å². The lowest BCUT2D eigenvalue weighted by molar-refractivity contribution is 0.0980. The summed E-state index contributed by atoms with van der Waals surface area (Å²) in [5.41, 5.74) is 7.83. The number of carbonyl (C=O) groups is 1. The van der Waals surface area contributed by atoms with Crippen LogP contribution in [-0.4, -0.2) is 29.5 Å². The van der Waals surface area contributed by atoms with Crippen LogP contribution < -0.4 is 15.4 Å². The van der Waals surface area contributed by atoms with E-state index < -0.39 is 0 Å². The van der Waals surface area contributed by atoms with Gasteiger partial charge in [-0.25, -0.2) is 4.39 Å². The smallest absolute Gasteiger partial charge is 0.318 e. The van der Waals surface area contributed by atoms with E-state index >= 15 is 0 Å². The number of halogens is 1. The molecule has 0 spiro atoms. The first-order chi connectivity index (χ1) is 11.4. The van der Waals surface area contributed by atoms with Crippen LogP contribution >= 0.6 is 0 Å². The summed E-state index contributed by atoms with van der Waals surface area (Å²) in [5, 5.41) is 0. The Morgan fingerprint density at radius 1 is 1.33 bits per heavy atom. The quantitative estimate of drug-likeness (QED) is 0.935. The molecule has 1 aromatic heterocycles. The molecule has 0 atom stereocenters. The summed E-state index contributed by atoms with van der Waals surface area (Å²) in [4.78, 5) is 22.4. The number of methoxy groups -OCH3 is 1. The van der Waals surface area contributed by atoms with E-state index in [1.165, 1.54) is 18.1 Å². The van der Waals surface area contributed by atoms with Crippen molar-refractivity contribution < 1.29 is 13.9 Å². The maximum absolute atomic E-state index is 14.3. The summed E-state index contributed by atoms with van der Waals surface area (Å²) in [6.07, 6.45) is 0.498. The van der Waals surface area contributed by atoms with Crippen LogP contribution in [0.15, 0.2) is 18.2 Å². The van der Waals surface area contributed by atoms with E-state index in [4.69, 9.17) is 10.5 Å². The average molecular weight is 330 g/mol. The summed E-state index contributed by atoms with van der Waals surface area (Å²) in [5.74, 6) is -0.493. The first kappa shape index (κ1) is 16.2. The lowest BCUT2D eigenvalue weighted by Crippen LogP contribution is -2.39. The highest BCUT2D eigenvalue weighted by atomic mass is 19.1. The number of hydrogen-bond donors (Lipinski definition) is 1. The van der Waals surface area contributed by atoms with E-state index in [0.29, 0.717) is 29.9 Å². The lowest BCUT2D eigenvalue weighted by Gasteiger charge is -2.29. The van der Waals surface area contributed by atoms with E-state index in [2.05, 4.69) is 9.97 Å². The summed E-state index contributed by atoms with van der Waals surface area (Å²) >= 11 is 0. The second-order valence-corrected chi connectivity index (χ2v) is 5.98. The van der Waals surface area contributed by atoms with Gasteiger partial charge >= 0.3 is 6.01 Å². The second kappa shape index (κ2) is 6.07. The molecular weight excluding hydrogens is 311 g/mol. The van der Waals surface area contributed by atoms with Crippen molar-refractivity contribution in [3.63, 3.8) is 0 Å². The van der Waals surface area contributed by atoms with Crippen molar-refractivity contribution in [3.05, 3.63) is 40.8 Å². The molecule has 0 aliphatic carbocycles. The monoisotopic (exact) mass is 330 g/mol. The molecular formula is C17H19FN4O2. The van der Waals surface area contributed by atoms with Gasteiger partial charge in [0, 0.05) is 18.7 Å². The van der Waals surface area contributed by atoms with Crippen molar-refractivity contribution in [2.75, 3.05) is 24.3 Å². The van der Waals surface area contributed by atoms with Gasteiger partial charge in [-0.15, -0.1) is 0 Å². The maximum atomic E-state index is 14.3. The van der Waals surface area contributed by atoms with E-state index in [-0.39, 0.29) is 35.0 Å². The number of fused-ring (bicyclic) bond motifs is 1. The van der Waals surface area contributed by atoms with Gasteiger partial charge in [0.15, 0.2) is 0 Å². The second-order valence-electron chi connectivity index (χ2n) is 5.98. The Kier molecular flexibility index (Phi) is 4.09. The molecule has 0 bridgehead atoms. The Hall–Kier alpha value is -2.70. The minimum absolute atomic E-state index is 0.0748. The minimum Gasteiger partial charge on any atom is -0.467 e. The summed E-state index contributed by atoms with van der Waals surface area (Å²) in [6.45, 7) is 4.24. The summed E-state index contributed by atoms with van der Waals surface area (Å²) < 4.78 is 19.2. The van der Waals surface area contributed by atoms with Gasteiger partial charge in [0.05, 0.1) is 12.8 Å². The van der Waals surface area contributed by atoms with Crippen LogP contribution in [0.4, 0.5) is 15.9 Å². The van der Waals surface area contributed by atoms with Crippen molar-refractivity contribution in [2.45, 2.75) is 26.2 Å². The van der Waals surface area contributed by atoms with Crippen LogP contribution in [0, 0.1) is 5.82 Å². The topological polar surface area (TPSA) is 81.3 Å². The average Bonchev–Trinajstić information content (AvgIpc) is 2.54. The molecule has 24 heavy (non-hydrogen) atoms. The number of aromatic nitrogens is 2. The zero-order valence-corrected chi connectivity index (χ0v) is 13.8. The summed E-state index contributed by atoms with van der Waals surface area (Å²) in [7, 11) is 1.44. The third-order valence-corrected chi connectivity index (χ3v) is 4.12. The third-order valence-electron chi connectivity index (χ3n) is 4.12. The number of rotatable bonds is 3. The number of nitrogens with two attached hydrogens (primary N) is 1. The SMILES string of the molecule is COc1nc(N)c2c(n1)CCN(c1ccc(C(C)C)c(F)c1)C2=O. The molecule has 6 nitrogen and oxygen atoms in total. The highest BCUT2D eigenvalue weighted by Gasteiger charge is 2.30. The Balaban J connectivity index is 1.98. The van der Waals surface area contributed by atoms with Crippen molar-refractivity contribution in [1.82, 2.24) is 9.97 Å². The highest BCUT2D eigenvalue weighted by Crippen LogP contribution is 2.30. The van der Waals surface area contributed by atoms with Crippen molar-refractivity contribution in [2.24, 2.45) is 0 Å². The van der Waals surface area contributed by atoms with Gasteiger partial charge in [-0.3, -0.25) is 4.79 Å². The summed E-state index contributed by atoms with van der Waals surface area (Å²) in [6, 6.07) is 4.99. The van der Waals surface area contributed by atoms with E-state index in [9.17, 15) is 9.18 Å². The van der Waals surface area contributed by atoms with Crippen molar-refractivity contribution in [1.29, 1.82) is 0 Å². The van der Waals surface area contributed by atoms with Crippen LogP contribution in [0.25, 0.3) is 0 Å². The van der Waals surface area contributed by atoms with Gasteiger partial charge in [0.25, 0.3) is 5.91 Å².